The maximum Gasteiger partial charge on any atom is 0.00670 e. The maximum atomic E-state index is 3.69. The summed E-state index contributed by atoms with van der Waals surface area (Å²) in [5, 5.41) is 3.69. The number of nitrogens with one attached hydrogen (secondary N) is 1. The molecule has 1 aliphatic rings. The minimum atomic E-state index is 0.814. The molecule has 0 aliphatic heterocycles. The number of hydrogen-bond donors (Lipinski definition) is 1. The summed E-state index contributed by atoms with van der Waals surface area (Å²) in [6, 6.07) is 7.60. The van der Waals surface area contributed by atoms with Crippen molar-refractivity contribution in [1.82, 2.24) is 5.32 Å². The zero-order valence-corrected chi connectivity index (χ0v) is 11.3. The Morgan fingerprint density at radius 3 is 2.71 bits per heavy atom. The van der Waals surface area contributed by atoms with Crippen molar-refractivity contribution in [1.29, 1.82) is 0 Å². The largest absolute Gasteiger partial charge is 0.314 e. The SMILES string of the molecule is Cc1ccc(C)c(CCCNC2CCCC2)c1. The molecule has 0 amide bonds. The predicted octanol–water partition coefficient (Wildman–Crippen LogP) is 3.77. The minimum Gasteiger partial charge on any atom is -0.314 e. The van der Waals surface area contributed by atoms with Gasteiger partial charge in [-0.05, 0) is 57.2 Å². The fourth-order valence-electron chi connectivity index (χ4n) is 2.78. The van der Waals surface area contributed by atoms with Crippen molar-refractivity contribution in [2.75, 3.05) is 6.54 Å². The third-order valence-electron chi connectivity index (χ3n) is 3.92. The summed E-state index contributed by atoms with van der Waals surface area (Å²) in [5.74, 6) is 0. The molecule has 0 saturated heterocycles. The Labute approximate surface area is 106 Å². The first-order valence-corrected chi connectivity index (χ1v) is 7.05. The average molecular weight is 231 g/mol. The Hall–Kier alpha value is -0.820. The molecule has 1 aromatic rings. The van der Waals surface area contributed by atoms with Crippen molar-refractivity contribution in [2.45, 2.75) is 58.4 Å². The molecule has 0 unspecified atom stereocenters. The van der Waals surface area contributed by atoms with Gasteiger partial charge < -0.3 is 5.32 Å². The minimum absolute atomic E-state index is 0.814. The Bertz CT molecular complexity index is 351. The Kier molecular flexibility index (Phi) is 4.61. The van der Waals surface area contributed by atoms with Crippen LogP contribution in [-0.4, -0.2) is 12.6 Å². The molecule has 1 aliphatic carbocycles. The maximum absolute atomic E-state index is 3.69. The molecule has 1 N–H and O–H groups in total. The molecule has 1 heteroatoms. The van der Waals surface area contributed by atoms with E-state index in [1.54, 1.807) is 0 Å². The van der Waals surface area contributed by atoms with Gasteiger partial charge >= 0.3 is 0 Å². The number of rotatable bonds is 5. The molecule has 1 saturated carbocycles. The van der Waals surface area contributed by atoms with Crippen LogP contribution in [-0.2, 0) is 6.42 Å². The first-order valence-electron chi connectivity index (χ1n) is 7.05. The van der Waals surface area contributed by atoms with Gasteiger partial charge in [-0.3, -0.25) is 0 Å². The summed E-state index contributed by atoms with van der Waals surface area (Å²) in [4.78, 5) is 0. The third kappa shape index (κ3) is 3.85. The van der Waals surface area contributed by atoms with E-state index < -0.39 is 0 Å². The lowest BCUT2D eigenvalue weighted by Crippen LogP contribution is -2.27. The third-order valence-corrected chi connectivity index (χ3v) is 3.92. The van der Waals surface area contributed by atoms with Crippen LogP contribution in [0.1, 0.15) is 48.8 Å². The van der Waals surface area contributed by atoms with Gasteiger partial charge in [0.15, 0.2) is 0 Å². The second kappa shape index (κ2) is 6.20. The highest BCUT2D eigenvalue weighted by Gasteiger charge is 2.13. The molecule has 94 valence electrons. The highest BCUT2D eigenvalue weighted by Crippen LogP contribution is 2.17. The van der Waals surface area contributed by atoms with Gasteiger partial charge in [0.1, 0.15) is 0 Å². The molecule has 0 bridgehead atoms. The van der Waals surface area contributed by atoms with Crippen LogP contribution in [0, 0.1) is 13.8 Å². The van der Waals surface area contributed by atoms with Gasteiger partial charge in [-0.15, -0.1) is 0 Å². The van der Waals surface area contributed by atoms with E-state index in [0.717, 1.165) is 6.04 Å². The zero-order chi connectivity index (χ0) is 12.1. The molecule has 0 atom stereocenters. The normalized spacial score (nSPS) is 16.6. The van der Waals surface area contributed by atoms with E-state index in [4.69, 9.17) is 0 Å². The molecule has 17 heavy (non-hydrogen) atoms. The van der Waals surface area contributed by atoms with Crippen LogP contribution in [0.5, 0.6) is 0 Å². The zero-order valence-electron chi connectivity index (χ0n) is 11.3. The molecular weight excluding hydrogens is 206 g/mol. The van der Waals surface area contributed by atoms with Crippen molar-refractivity contribution in [2.24, 2.45) is 0 Å². The van der Waals surface area contributed by atoms with Crippen molar-refractivity contribution >= 4 is 0 Å². The van der Waals surface area contributed by atoms with Crippen LogP contribution in [0.2, 0.25) is 0 Å². The van der Waals surface area contributed by atoms with E-state index >= 15 is 0 Å². The van der Waals surface area contributed by atoms with E-state index in [2.05, 4.69) is 37.4 Å². The van der Waals surface area contributed by atoms with Crippen LogP contribution in [0.4, 0.5) is 0 Å². The van der Waals surface area contributed by atoms with Crippen molar-refractivity contribution in [3.8, 4) is 0 Å². The fraction of sp³-hybridized carbons (Fsp3) is 0.625. The second-order valence-corrected chi connectivity index (χ2v) is 5.47. The molecule has 0 spiro atoms. The van der Waals surface area contributed by atoms with Gasteiger partial charge in [0, 0.05) is 6.04 Å². The summed E-state index contributed by atoms with van der Waals surface area (Å²) >= 11 is 0. The van der Waals surface area contributed by atoms with Crippen molar-refractivity contribution in [3.63, 3.8) is 0 Å². The summed E-state index contributed by atoms with van der Waals surface area (Å²) in [6.45, 7) is 5.58. The average Bonchev–Trinajstić information content (AvgIpc) is 2.82. The Morgan fingerprint density at radius 1 is 1.18 bits per heavy atom. The standard InChI is InChI=1S/C16H25N/c1-13-9-10-14(2)15(12-13)6-5-11-17-16-7-3-4-8-16/h9-10,12,16-17H,3-8,11H2,1-2H3. The molecule has 1 aromatic carbocycles. The molecule has 1 fully saturated rings. The monoisotopic (exact) mass is 231 g/mol. The quantitative estimate of drug-likeness (QED) is 0.761. The van der Waals surface area contributed by atoms with Crippen molar-refractivity contribution in [3.05, 3.63) is 34.9 Å². The van der Waals surface area contributed by atoms with Crippen LogP contribution in [0.25, 0.3) is 0 Å². The van der Waals surface area contributed by atoms with Gasteiger partial charge in [0.05, 0.1) is 0 Å². The summed E-state index contributed by atoms with van der Waals surface area (Å²) in [6.07, 6.45) is 8.12. The first kappa shape index (κ1) is 12.6. The van der Waals surface area contributed by atoms with Crippen molar-refractivity contribution < 1.29 is 0 Å². The van der Waals surface area contributed by atoms with E-state index in [1.807, 2.05) is 0 Å². The number of hydrogen-bond acceptors (Lipinski definition) is 1. The Morgan fingerprint density at radius 2 is 1.94 bits per heavy atom. The second-order valence-electron chi connectivity index (χ2n) is 5.47. The van der Waals surface area contributed by atoms with E-state index in [-0.39, 0.29) is 0 Å². The highest BCUT2D eigenvalue weighted by molar-refractivity contribution is 5.30. The lowest BCUT2D eigenvalue weighted by atomic mass is 10.0. The Balaban J connectivity index is 1.72. The molecular formula is C16H25N. The molecule has 0 aromatic heterocycles. The van der Waals surface area contributed by atoms with Crippen LogP contribution >= 0.6 is 0 Å². The lowest BCUT2D eigenvalue weighted by Gasteiger charge is -2.12. The number of benzene rings is 1. The molecule has 1 nitrogen and oxygen atoms in total. The van der Waals surface area contributed by atoms with Gasteiger partial charge in [-0.25, -0.2) is 0 Å². The molecule has 2 rings (SSSR count). The van der Waals surface area contributed by atoms with E-state index in [0.29, 0.717) is 0 Å². The summed E-state index contributed by atoms with van der Waals surface area (Å²) in [5.41, 5.74) is 4.35. The first-order chi connectivity index (χ1) is 8.25. The van der Waals surface area contributed by atoms with Gasteiger partial charge in [0.2, 0.25) is 0 Å². The van der Waals surface area contributed by atoms with E-state index in [9.17, 15) is 0 Å². The molecule has 0 radical (unpaired) electrons. The summed E-state index contributed by atoms with van der Waals surface area (Å²) < 4.78 is 0. The van der Waals surface area contributed by atoms with Gasteiger partial charge in [0.25, 0.3) is 0 Å². The number of aryl methyl sites for hydroxylation is 3. The highest BCUT2D eigenvalue weighted by atomic mass is 14.9. The lowest BCUT2D eigenvalue weighted by molar-refractivity contribution is 0.515. The smallest absolute Gasteiger partial charge is 0.00670 e. The summed E-state index contributed by atoms with van der Waals surface area (Å²) in [7, 11) is 0. The fourth-order valence-corrected chi connectivity index (χ4v) is 2.78. The van der Waals surface area contributed by atoms with Gasteiger partial charge in [-0.1, -0.05) is 36.6 Å². The topological polar surface area (TPSA) is 12.0 Å². The van der Waals surface area contributed by atoms with E-state index in [1.165, 1.54) is 61.8 Å². The van der Waals surface area contributed by atoms with Crippen LogP contribution in [0.3, 0.4) is 0 Å². The van der Waals surface area contributed by atoms with Gasteiger partial charge in [-0.2, -0.15) is 0 Å². The molecule has 0 heterocycles. The van der Waals surface area contributed by atoms with Crippen LogP contribution in [0.15, 0.2) is 18.2 Å². The predicted molar refractivity (Wildman–Crippen MR) is 74.5 cm³/mol. The van der Waals surface area contributed by atoms with Crippen LogP contribution < -0.4 is 5.32 Å².